The van der Waals surface area contributed by atoms with Crippen LogP contribution in [0.25, 0.3) is 11.6 Å². The zero-order valence-electron chi connectivity index (χ0n) is 11.6. The highest BCUT2D eigenvalue weighted by atomic mass is 14.1. The summed E-state index contributed by atoms with van der Waals surface area (Å²) in [6, 6.07) is 8.07. The van der Waals surface area contributed by atoms with Crippen molar-refractivity contribution in [3.8, 4) is 0 Å². The first kappa shape index (κ1) is 14.8. The maximum Gasteiger partial charge on any atom is 0.0311 e. The highest BCUT2D eigenvalue weighted by molar-refractivity contribution is 5.87. The standard InChI is InChI=1S/C19H20/c1-6-12-18(15(5)7-2)17(9-4)19-14-11-10-13-16(19)8-3/h7-8,10-14H,2-6H2,1H3/b18-12+. The predicted octanol–water partition coefficient (Wildman–Crippen LogP) is 5.58. The molecular weight excluding hydrogens is 228 g/mol. The van der Waals surface area contributed by atoms with Gasteiger partial charge in [0.15, 0.2) is 0 Å². The number of allylic oxidation sites excluding steroid dienone is 5. The lowest BCUT2D eigenvalue weighted by molar-refractivity contribution is 1.21. The summed E-state index contributed by atoms with van der Waals surface area (Å²) in [7, 11) is 0. The first-order valence-electron chi connectivity index (χ1n) is 6.33. The van der Waals surface area contributed by atoms with Crippen molar-refractivity contribution in [3.05, 3.63) is 90.7 Å². The monoisotopic (exact) mass is 248 g/mol. The van der Waals surface area contributed by atoms with Gasteiger partial charge < -0.3 is 0 Å². The molecule has 0 heterocycles. The molecule has 0 bridgehead atoms. The van der Waals surface area contributed by atoms with Crippen LogP contribution in [0.4, 0.5) is 0 Å². The summed E-state index contributed by atoms with van der Waals surface area (Å²) < 4.78 is 0. The van der Waals surface area contributed by atoms with Crippen molar-refractivity contribution in [3.63, 3.8) is 0 Å². The van der Waals surface area contributed by atoms with Crippen molar-refractivity contribution in [1.29, 1.82) is 0 Å². The summed E-state index contributed by atoms with van der Waals surface area (Å²) in [5.74, 6) is 0. The highest BCUT2D eigenvalue weighted by Gasteiger charge is 2.11. The lowest BCUT2D eigenvalue weighted by Gasteiger charge is -2.13. The van der Waals surface area contributed by atoms with Crippen molar-refractivity contribution in [2.45, 2.75) is 13.3 Å². The third-order valence-corrected chi connectivity index (χ3v) is 2.90. The van der Waals surface area contributed by atoms with E-state index < -0.39 is 0 Å². The molecule has 1 aromatic carbocycles. The van der Waals surface area contributed by atoms with Gasteiger partial charge in [0.05, 0.1) is 0 Å². The second-order valence-corrected chi connectivity index (χ2v) is 4.10. The van der Waals surface area contributed by atoms with Crippen LogP contribution < -0.4 is 0 Å². The van der Waals surface area contributed by atoms with Gasteiger partial charge in [-0.25, -0.2) is 0 Å². The van der Waals surface area contributed by atoms with E-state index in [-0.39, 0.29) is 0 Å². The van der Waals surface area contributed by atoms with Crippen LogP contribution >= 0.6 is 0 Å². The van der Waals surface area contributed by atoms with Crippen molar-refractivity contribution >= 4 is 11.6 Å². The van der Waals surface area contributed by atoms with E-state index in [1.165, 1.54) is 0 Å². The van der Waals surface area contributed by atoms with Crippen molar-refractivity contribution < 1.29 is 0 Å². The van der Waals surface area contributed by atoms with Crippen LogP contribution in [0.1, 0.15) is 24.5 Å². The molecule has 19 heavy (non-hydrogen) atoms. The molecule has 0 aliphatic rings. The Morgan fingerprint density at radius 3 is 2.47 bits per heavy atom. The largest absolute Gasteiger partial charge is 0.119 e. The van der Waals surface area contributed by atoms with Crippen LogP contribution in [-0.4, -0.2) is 0 Å². The Morgan fingerprint density at radius 1 is 1.26 bits per heavy atom. The fraction of sp³-hybridized carbons (Fsp3) is 0.105. The summed E-state index contributed by atoms with van der Waals surface area (Å²) in [4.78, 5) is 0. The molecule has 0 amide bonds. The lowest BCUT2D eigenvalue weighted by Crippen LogP contribution is -1.94. The second kappa shape index (κ2) is 7.20. The summed E-state index contributed by atoms with van der Waals surface area (Å²) in [5, 5.41) is 0. The molecule has 0 fully saturated rings. The smallest absolute Gasteiger partial charge is 0.0311 e. The van der Waals surface area contributed by atoms with Crippen LogP contribution in [0.15, 0.2) is 79.6 Å². The molecule has 0 aromatic heterocycles. The minimum atomic E-state index is 0.881. The summed E-state index contributed by atoms with van der Waals surface area (Å²) in [6.45, 7) is 17.6. The van der Waals surface area contributed by atoms with E-state index >= 15 is 0 Å². The van der Waals surface area contributed by atoms with Gasteiger partial charge in [-0.2, -0.15) is 0 Å². The molecular formula is C19H20. The molecule has 0 saturated heterocycles. The second-order valence-electron chi connectivity index (χ2n) is 4.10. The zero-order chi connectivity index (χ0) is 14.3. The van der Waals surface area contributed by atoms with E-state index in [9.17, 15) is 0 Å². The van der Waals surface area contributed by atoms with Crippen LogP contribution in [0.2, 0.25) is 0 Å². The Hall–Kier alpha value is -2.30. The summed E-state index contributed by atoms with van der Waals surface area (Å²) in [6.07, 6.45) is 6.64. The van der Waals surface area contributed by atoms with Crippen LogP contribution in [0.3, 0.4) is 0 Å². The van der Waals surface area contributed by atoms with Gasteiger partial charge >= 0.3 is 0 Å². The van der Waals surface area contributed by atoms with Gasteiger partial charge in [-0.3, -0.25) is 0 Å². The minimum Gasteiger partial charge on any atom is -0.119 e. The summed E-state index contributed by atoms with van der Waals surface area (Å²) in [5.41, 5.74) is 8.02. The van der Waals surface area contributed by atoms with Gasteiger partial charge in [0.2, 0.25) is 0 Å². The van der Waals surface area contributed by atoms with E-state index in [2.05, 4.69) is 45.0 Å². The molecule has 1 rings (SSSR count). The molecule has 0 N–H and O–H groups in total. The van der Waals surface area contributed by atoms with Gasteiger partial charge in [-0.05, 0) is 28.7 Å². The summed E-state index contributed by atoms with van der Waals surface area (Å²) >= 11 is 0. The lowest BCUT2D eigenvalue weighted by atomic mass is 9.90. The molecule has 1 aromatic rings. The van der Waals surface area contributed by atoms with E-state index in [0.29, 0.717) is 0 Å². The molecule has 96 valence electrons. The maximum absolute atomic E-state index is 4.04. The zero-order valence-corrected chi connectivity index (χ0v) is 11.6. The van der Waals surface area contributed by atoms with E-state index in [4.69, 9.17) is 0 Å². The van der Waals surface area contributed by atoms with E-state index in [1.54, 1.807) is 6.08 Å². The SMILES string of the molecule is C=C=C(/C(=C/CC)C(=C)C=C)c1ccccc1C=C. The van der Waals surface area contributed by atoms with Crippen molar-refractivity contribution in [2.24, 2.45) is 0 Å². The average molecular weight is 248 g/mol. The quantitative estimate of drug-likeness (QED) is 0.455. The fourth-order valence-electron chi connectivity index (χ4n) is 1.95. The molecule has 0 unspecified atom stereocenters. The van der Waals surface area contributed by atoms with Crippen LogP contribution in [0, 0.1) is 0 Å². The number of rotatable bonds is 6. The Labute approximate surface area is 116 Å². The topological polar surface area (TPSA) is 0 Å². The Balaban J connectivity index is 3.46. The molecule has 0 radical (unpaired) electrons. The highest BCUT2D eigenvalue weighted by Crippen LogP contribution is 2.30. The van der Waals surface area contributed by atoms with Gasteiger partial charge in [0, 0.05) is 5.57 Å². The molecule has 0 nitrogen and oxygen atoms in total. The van der Waals surface area contributed by atoms with Gasteiger partial charge in [0.1, 0.15) is 0 Å². The van der Waals surface area contributed by atoms with E-state index in [0.717, 1.165) is 34.3 Å². The third-order valence-electron chi connectivity index (χ3n) is 2.90. The van der Waals surface area contributed by atoms with E-state index in [1.807, 2.05) is 30.3 Å². The van der Waals surface area contributed by atoms with Gasteiger partial charge in [-0.1, -0.05) is 75.7 Å². The Morgan fingerprint density at radius 2 is 1.95 bits per heavy atom. The van der Waals surface area contributed by atoms with Crippen molar-refractivity contribution in [1.82, 2.24) is 0 Å². The van der Waals surface area contributed by atoms with Crippen LogP contribution in [-0.2, 0) is 0 Å². The fourth-order valence-corrected chi connectivity index (χ4v) is 1.95. The van der Waals surface area contributed by atoms with Crippen molar-refractivity contribution in [2.75, 3.05) is 0 Å². The first-order valence-corrected chi connectivity index (χ1v) is 6.33. The Bertz CT molecular complexity index is 576. The third kappa shape index (κ3) is 3.34. The molecule has 0 heteroatoms. The number of hydrogen-bond donors (Lipinski definition) is 0. The number of hydrogen-bond acceptors (Lipinski definition) is 0. The van der Waals surface area contributed by atoms with Gasteiger partial charge in [-0.15, -0.1) is 5.73 Å². The molecule has 0 atom stereocenters. The maximum atomic E-state index is 4.04. The molecule has 0 saturated carbocycles. The molecule has 0 aliphatic carbocycles. The van der Waals surface area contributed by atoms with Gasteiger partial charge in [0.25, 0.3) is 0 Å². The van der Waals surface area contributed by atoms with Crippen LogP contribution in [0.5, 0.6) is 0 Å². The normalized spacial score (nSPS) is 10.5. The number of benzene rings is 1. The molecule has 0 aliphatic heterocycles. The molecule has 0 spiro atoms. The minimum absolute atomic E-state index is 0.881. The Kier molecular flexibility index (Phi) is 5.60. The average Bonchev–Trinajstić information content (AvgIpc) is 2.46. The first-order chi connectivity index (χ1) is 9.19. The predicted molar refractivity (Wildman–Crippen MR) is 86.8 cm³/mol.